The molecule has 119 heavy (non-hydrogen) atoms. The average Bonchev–Trinajstić information content (AvgIpc) is 1.63. The van der Waals surface area contributed by atoms with Crippen LogP contribution >= 0.6 is 0 Å². The number of nitrogens with zero attached hydrogens (tertiary/aromatic N) is 18. The summed E-state index contributed by atoms with van der Waals surface area (Å²) in [6.45, 7) is 28.2. The Morgan fingerprint density at radius 3 is 0.966 bits per heavy atom. The second-order valence-electron chi connectivity index (χ2n) is 30.7. The summed E-state index contributed by atoms with van der Waals surface area (Å²) in [7, 11) is 0. The van der Waals surface area contributed by atoms with Crippen LogP contribution in [0, 0.1) is 41.5 Å². The second-order valence-corrected chi connectivity index (χ2v) is 30.7. The monoisotopic (exact) mass is 1560 g/mol. The lowest BCUT2D eigenvalue weighted by molar-refractivity contribution is 0.752. The number of rotatable bonds is 11. The third kappa shape index (κ3) is 15.4. The van der Waals surface area contributed by atoms with Gasteiger partial charge in [-0.3, -0.25) is 9.97 Å². The maximum atomic E-state index is 4.80. The molecule has 0 fully saturated rings. The van der Waals surface area contributed by atoms with Crippen molar-refractivity contribution >= 4 is 114 Å². The molecular formula is C101H100N18. The molecule has 5 aliphatic heterocycles. The van der Waals surface area contributed by atoms with Gasteiger partial charge in [-0.05, 0) is 213 Å². The Bertz CT molecular complexity index is 5640. The molecule has 5 aliphatic rings. The first-order chi connectivity index (χ1) is 58.1. The van der Waals surface area contributed by atoms with Crippen LogP contribution in [-0.2, 0) is 0 Å². The number of hydrogen-bond donors (Lipinski definition) is 0. The summed E-state index contributed by atoms with van der Waals surface area (Å²) >= 11 is 0. The summed E-state index contributed by atoms with van der Waals surface area (Å²) in [5, 5.41) is 0. The lowest BCUT2D eigenvalue weighted by Crippen LogP contribution is -2.35. The molecule has 0 saturated heterocycles. The summed E-state index contributed by atoms with van der Waals surface area (Å²) in [5.41, 5.74) is 26.9. The Morgan fingerprint density at radius 2 is 0.538 bits per heavy atom. The van der Waals surface area contributed by atoms with Crippen LogP contribution in [0.25, 0.3) is 0 Å². The van der Waals surface area contributed by atoms with Gasteiger partial charge in [0, 0.05) is 68.8 Å². The van der Waals surface area contributed by atoms with Crippen molar-refractivity contribution in [3.05, 3.63) is 374 Å². The highest BCUT2D eigenvalue weighted by molar-refractivity contribution is 5.92. The van der Waals surface area contributed by atoms with Gasteiger partial charge in [-0.25, -0.2) is 29.9 Å². The topological polar surface area (TPSA) is 136 Å². The van der Waals surface area contributed by atoms with Gasteiger partial charge in [0.25, 0.3) is 0 Å². The molecule has 0 spiro atoms. The van der Waals surface area contributed by atoms with Gasteiger partial charge in [0.05, 0.1) is 59.4 Å². The zero-order valence-electron chi connectivity index (χ0n) is 69.8. The zero-order valence-corrected chi connectivity index (χ0v) is 69.8. The summed E-state index contributed by atoms with van der Waals surface area (Å²) in [5.74, 6) is 4.12. The molecule has 0 radical (unpaired) electrons. The van der Waals surface area contributed by atoms with Crippen LogP contribution in [0.1, 0.15) is 93.6 Å². The van der Waals surface area contributed by atoms with Crippen LogP contribution in [0.3, 0.4) is 0 Å². The smallest absolute Gasteiger partial charge is 0.178 e. The number of pyridine rings is 2. The van der Waals surface area contributed by atoms with Crippen LogP contribution in [0.5, 0.6) is 0 Å². The fourth-order valence-electron chi connectivity index (χ4n) is 17.0. The minimum atomic E-state index is 0.102. The van der Waals surface area contributed by atoms with Gasteiger partial charge < -0.3 is 49.0 Å². The normalized spacial score (nSPS) is 16.4. The molecule has 0 bridgehead atoms. The van der Waals surface area contributed by atoms with Crippen molar-refractivity contribution in [1.82, 2.24) is 39.9 Å². The zero-order chi connectivity index (χ0) is 82.4. The van der Waals surface area contributed by atoms with E-state index in [9.17, 15) is 0 Å². The van der Waals surface area contributed by atoms with Gasteiger partial charge in [0.2, 0.25) is 0 Å². The standard InChI is InChI=1S/C23H25N3.C20H20N4.C20H19N3.2C19H18N4/c1-16(2)20-14-22-23(15-24-20)25(19-11-6-5-7-12-19)18(4)26(22)21-13-9-8-10-17(21)3;1-14-9-7-8-12-18(14)24-16(3)23(17-10-5-4-6-11-17)19-20(24)22-15(2)13-21-19;1-15-8-6-7-11-18(15)23-16(2)22(17-9-4-3-5-10-17)19-12-13-21-14-20(19)23;1-14-8-6-7-11-17(14)23-15(2)22(16-9-4-3-5-10-16)19-18(23)12-20-13-21-19;1-14-8-6-7-11-17(14)23-15(2)22(16-9-4-3-5-10-16)18-12-20-13-21-19(18)23/h5-16,18H,1-4H3;4-13,16H,1-3H3;3-14,16H,1-2H3;2*3-13,15H,1-2H3/t18-;2*16-;2*15-/m00000/s1. The maximum absolute atomic E-state index is 4.80. The second kappa shape index (κ2) is 34.7. The predicted octanol–water partition coefficient (Wildman–Crippen LogP) is 24.7. The number of aromatic nitrogens is 8. The largest absolute Gasteiger partial charge is 0.318 e. The quantitative estimate of drug-likeness (QED) is 0.121. The van der Waals surface area contributed by atoms with Crippen molar-refractivity contribution in [2.24, 2.45) is 0 Å². The third-order valence-corrected chi connectivity index (χ3v) is 22.7. The molecule has 18 nitrogen and oxygen atoms in total. The van der Waals surface area contributed by atoms with E-state index in [1.165, 1.54) is 79.0 Å². The number of anilines is 20. The van der Waals surface area contributed by atoms with Crippen LogP contribution in [0.4, 0.5) is 114 Å². The van der Waals surface area contributed by atoms with Crippen LogP contribution < -0.4 is 49.0 Å². The summed E-state index contributed by atoms with van der Waals surface area (Å²) in [6.07, 6.45) is 15.4. The van der Waals surface area contributed by atoms with Gasteiger partial charge in [-0.15, -0.1) is 0 Å². The number of aryl methyl sites for hydroxylation is 6. The predicted molar refractivity (Wildman–Crippen MR) is 490 cm³/mol. The first-order valence-electron chi connectivity index (χ1n) is 40.9. The molecular weight excluding hydrogens is 1470 g/mol. The van der Waals surface area contributed by atoms with E-state index in [0.29, 0.717) is 5.92 Å². The fraction of sp³-hybridized carbons (Fsp3) is 0.188. The molecule has 15 aromatic rings. The lowest BCUT2D eigenvalue weighted by atomic mass is 10.1. The van der Waals surface area contributed by atoms with E-state index in [4.69, 9.17) is 15.0 Å². The van der Waals surface area contributed by atoms with Crippen LogP contribution in [-0.4, -0.2) is 70.7 Å². The van der Waals surface area contributed by atoms with Gasteiger partial charge in [0.15, 0.2) is 23.3 Å². The van der Waals surface area contributed by atoms with Crippen molar-refractivity contribution in [1.29, 1.82) is 0 Å². The highest BCUT2D eigenvalue weighted by Gasteiger charge is 2.42. The molecule has 20 rings (SSSR count). The van der Waals surface area contributed by atoms with E-state index >= 15 is 0 Å². The maximum Gasteiger partial charge on any atom is 0.178 e. The summed E-state index contributed by atoms with van der Waals surface area (Å²) in [4.78, 5) is 59.4. The van der Waals surface area contributed by atoms with Crippen molar-refractivity contribution in [3.8, 4) is 0 Å². The minimum Gasteiger partial charge on any atom is -0.318 e. The molecule has 0 aliphatic carbocycles. The third-order valence-electron chi connectivity index (χ3n) is 22.7. The number of benzene rings is 10. The highest BCUT2D eigenvalue weighted by atomic mass is 15.5. The van der Waals surface area contributed by atoms with Gasteiger partial charge in [-0.2, -0.15) is 0 Å². The Kier molecular flexibility index (Phi) is 22.9. The minimum absolute atomic E-state index is 0.102. The van der Waals surface area contributed by atoms with Crippen LogP contribution in [0.15, 0.2) is 335 Å². The van der Waals surface area contributed by atoms with Gasteiger partial charge in [0.1, 0.15) is 54.9 Å². The SMILES string of the molecule is Cc1ccccc1N1c2cc(C(C)C)ncc2N(c2ccccc2)[C@@H]1C.Cc1ccccc1N1c2cnccc2N(c2ccccc2)[C@@H]1C.Cc1ccccc1N1c2cncnc2N(c2ccccc2)[C@@H]1C.Cc1ccccc1N1c2ncncc2N(c2ccccc2)[C@@H]1C.Cc1cnc2c(n1)N(c1ccccc1C)[C@@H](C)N2c1ccccc1. The molecule has 0 amide bonds. The molecule has 0 unspecified atom stereocenters. The summed E-state index contributed by atoms with van der Waals surface area (Å²) < 4.78 is 0. The lowest BCUT2D eigenvalue weighted by Gasteiger charge is -2.31. The molecule has 10 aromatic carbocycles. The van der Waals surface area contributed by atoms with Crippen molar-refractivity contribution in [3.63, 3.8) is 0 Å². The number of para-hydroxylation sites is 10. The van der Waals surface area contributed by atoms with E-state index in [1.54, 1.807) is 12.7 Å². The highest BCUT2D eigenvalue weighted by Crippen LogP contribution is 2.53. The van der Waals surface area contributed by atoms with E-state index in [-0.39, 0.29) is 30.8 Å². The van der Waals surface area contributed by atoms with E-state index in [2.05, 4.69) is 424 Å². The molecule has 18 heteroatoms. The van der Waals surface area contributed by atoms with Crippen LogP contribution in [0.2, 0.25) is 0 Å². The van der Waals surface area contributed by atoms with Crippen molar-refractivity contribution in [2.45, 2.75) is 127 Å². The summed E-state index contributed by atoms with van der Waals surface area (Å²) in [6, 6.07) is 99.0. The Morgan fingerprint density at radius 1 is 0.235 bits per heavy atom. The van der Waals surface area contributed by atoms with E-state index < -0.39 is 0 Å². The van der Waals surface area contributed by atoms with Gasteiger partial charge >= 0.3 is 0 Å². The Balaban J connectivity index is 0.000000111. The van der Waals surface area contributed by atoms with Crippen molar-refractivity contribution in [2.75, 3.05) is 49.0 Å². The average molecular weight is 1570 g/mol. The molecule has 0 saturated carbocycles. The molecule has 10 heterocycles. The van der Waals surface area contributed by atoms with E-state index in [1.807, 2.05) is 62.3 Å². The van der Waals surface area contributed by atoms with E-state index in [0.717, 1.165) is 74.5 Å². The fourth-order valence-corrected chi connectivity index (χ4v) is 17.0. The molecule has 5 aromatic heterocycles. The van der Waals surface area contributed by atoms with Crippen molar-refractivity contribution < 1.29 is 0 Å². The Labute approximate surface area is 700 Å². The molecule has 0 N–H and O–H groups in total. The number of fused-ring (bicyclic) bond motifs is 5. The molecule has 594 valence electrons. The number of hydrogen-bond acceptors (Lipinski definition) is 18. The Hall–Kier alpha value is -14.3. The van der Waals surface area contributed by atoms with Gasteiger partial charge in [-0.1, -0.05) is 196 Å². The molecule has 5 atom stereocenters. The first-order valence-corrected chi connectivity index (χ1v) is 40.9. The first kappa shape index (κ1) is 78.6.